The maximum atomic E-state index is 12.1. The molecule has 0 saturated carbocycles. The molecule has 0 radical (unpaired) electrons. The summed E-state index contributed by atoms with van der Waals surface area (Å²) in [5.74, 6) is -1.14. The number of amides is 1. The summed E-state index contributed by atoms with van der Waals surface area (Å²) in [6.45, 7) is 0.803. The minimum atomic E-state index is -0.991. The lowest BCUT2D eigenvalue weighted by Crippen LogP contribution is -2.40. The van der Waals surface area contributed by atoms with Gasteiger partial charge >= 0.3 is 5.97 Å². The van der Waals surface area contributed by atoms with Crippen LogP contribution in [0.15, 0.2) is 24.4 Å². The van der Waals surface area contributed by atoms with Gasteiger partial charge < -0.3 is 14.9 Å². The van der Waals surface area contributed by atoms with Crippen LogP contribution >= 0.6 is 0 Å². The molecule has 110 valence electrons. The van der Waals surface area contributed by atoms with Crippen molar-refractivity contribution in [2.75, 3.05) is 33.7 Å². The Morgan fingerprint density at radius 3 is 2.55 bits per heavy atom. The first-order valence-corrected chi connectivity index (χ1v) is 6.53. The van der Waals surface area contributed by atoms with E-state index in [4.69, 9.17) is 5.11 Å². The van der Waals surface area contributed by atoms with Gasteiger partial charge in [-0.15, -0.1) is 0 Å². The van der Waals surface area contributed by atoms with Gasteiger partial charge in [-0.3, -0.25) is 14.6 Å². The molecule has 1 rings (SSSR count). The van der Waals surface area contributed by atoms with E-state index < -0.39 is 5.97 Å². The first-order valence-electron chi connectivity index (χ1n) is 6.53. The summed E-state index contributed by atoms with van der Waals surface area (Å²) in [4.78, 5) is 30.3. The number of aliphatic carboxylic acids is 1. The normalized spacial score (nSPS) is 10.6. The Morgan fingerprint density at radius 1 is 1.25 bits per heavy atom. The van der Waals surface area contributed by atoms with Crippen LogP contribution in [0.3, 0.4) is 0 Å². The first kappa shape index (κ1) is 16.1. The number of nitrogens with zero attached hydrogens (tertiary/aromatic N) is 3. The van der Waals surface area contributed by atoms with Gasteiger partial charge in [0.25, 0.3) is 0 Å². The average Bonchev–Trinajstić information content (AvgIpc) is 2.41. The van der Waals surface area contributed by atoms with E-state index in [1.807, 2.05) is 37.2 Å². The average molecular weight is 279 g/mol. The molecule has 1 amide bonds. The number of aryl methyl sites for hydroxylation is 1. The smallest absolute Gasteiger partial charge is 0.323 e. The highest BCUT2D eigenvalue weighted by Crippen LogP contribution is 2.02. The number of likely N-dealkylation sites (N-methyl/N-ethyl adjacent to an activating group) is 1. The Kier molecular flexibility index (Phi) is 6.66. The van der Waals surface area contributed by atoms with Gasteiger partial charge in [0, 0.05) is 31.4 Å². The fraction of sp³-hybridized carbons (Fsp3) is 0.500. The number of carbonyl (C=O) groups is 2. The maximum absolute atomic E-state index is 12.1. The molecule has 0 spiro atoms. The van der Waals surface area contributed by atoms with Crippen molar-refractivity contribution in [3.8, 4) is 0 Å². The Hall–Kier alpha value is -1.95. The van der Waals surface area contributed by atoms with E-state index in [9.17, 15) is 9.59 Å². The zero-order chi connectivity index (χ0) is 15.0. The first-order chi connectivity index (χ1) is 9.49. The number of hydrogen-bond acceptors (Lipinski definition) is 4. The van der Waals surface area contributed by atoms with Crippen molar-refractivity contribution in [2.24, 2.45) is 0 Å². The van der Waals surface area contributed by atoms with Crippen molar-refractivity contribution in [1.29, 1.82) is 0 Å². The summed E-state index contributed by atoms with van der Waals surface area (Å²) in [6, 6.07) is 5.54. The fourth-order valence-electron chi connectivity index (χ4n) is 1.72. The minimum Gasteiger partial charge on any atom is -0.480 e. The quantitative estimate of drug-likeness (QED) is 0.749. The molecule has 0 saturated heterocycles. The molecule has 1 aromatic rings. The minimum absolute atomic E-state index is 0.153. The van der Waals surface area contributed by atoms with E-state index in [0.29, 0.717) is 19.5 Å². The van der Waals surface area contributed by atoms with E-state index in [2.05, 4.69) is 4.98 Å². The molecule has 0 aliphatic heterocycles. The molecule has 6 heteroatoms. The largest absolute Gasteiger partial charge is 0.480 e. The summed E-state index contributed by atoms with van der Waals surface area (Å²) in [5.41, 5.74) is 0.837. The van der Waals surface area contributed by atoms with Gasteiger partial charge in [-0.1, -0.05) is 6.07 Å². The van der Waals surface area contributed by atoms with Crippen LogP contribution in [0.2, 0.25) is 0 Å². The van der Waals surface area contributed by atoms with Crippen molar-refractivity contribution >= 4 is 11.9 Å². The van der Waals surface area contributed by atoms with Gasteiger partial charge in [-0.25, -0.2) is 0 Å². The van der Waals surface area contributed by atoms with Gasteiger partial charge in [0.05, 0.1) is 0 Å². The lowest BCUT2D eigenvalue weighted by atomic mass is 10.2. The molecule has 1 heterocycles. The lowest BCUT2D eigenvalue weighted by molar-refractivity contribution is -0.144. The molecule has 1 aromatic heterocycles. The van der Waals surface area contributed by atoms with Crippen molar-refractivity contribution in [2.45, 2.75) is 12.8 Å². The zero-order valence-corrected chi connectivity index (χ0v) is 12.0. The predicted molar refractivity (Wildman–Crippen MR) is 75.3 cm³/mol. The van der Waals surface area contributed by atoms with Crippen molar-refractivity contribution in [3.05, 3.63) is 30.1 Å². The summed E-state index contributed by atoms with van der Waals surface area (Å²) < 4.78 is 0. The molecule has 0 unspecified atom stereocenters. The second-order valence-corrected chi connectivity index (χ2v) is 4.83. The molecule has 0 aliphatic rings. The number of carbonyl (C=O) groups excluding carboxylic acids is 1. The maximum Gasteiger partial charge on any atom is 0.323 e. The second kappa shape index (κ2) is 8.27. The number of rotatable bonds is 8. The number of carboxylic acids is 1. The molecular formula is C14H21N3O3. The molecule has 6 nitrogen and oxygen atoms in total. The molecule has 0 aromatic carbocycles. The third kappa shape index (κ3) is 6.29. The van der Waals surface area contributed by atoms with Crippen molar-refractivity contribution < 1.29 is 14.7 Å². The zero-order valence-electron chi connectivity index (χ0n) is 12.0. The van der Waals surface area contributed by atoms with Crippen LogP contribution in [0.4, 0.5) is 0 Å². The van der Waals surface area contributed by atoms with Crippen molar-refractivity contribution in [3.63, 3.8) is 0 Å². The Bertz CT molecular complexity index is 435. The van der Waals surface area contributed by atoms with Gasteiger partial charge in [0.1, 0.15) is 6.54 Å². The lowest BCUT2D eigenvalue weighted by Gasteiger charge is -2.22. The van der Waals surface area contributed by atoms with Gasteiger partial charge in [0.15, 0.2) is 0 Å². The van der Waals surface area contributed by atoms with E-state index >= 15 is 0 Å². The van der Waals surface area contributed by atoms with Crippen LogP contribution in [0.25, 0.3) is 0 Å². The van der Waals surface area contributed by atoms with Crippen LogP contribution in [0, 0.1) is 0 Å². The third-order valence-electron chi connectivity index (χ3n) is 2.82. The van der Waals surface area contributed by atoms with Crippen molar-refractivity contribution in [1.82, 2.24) is 14.8 Å². The summed E-state index contributed by atoms with van der Waals surface area (Å²) >= 11 is 0. The van der Waals surface area contributed by atoms with E-state index in [1.54, 1.807) is 6.20 Å². The van der Waals surface area contributed by atoms with E-state index in [1.165, 1.54) is 4.90 Å². The summed E-state index contributed by atoms with van der Waals surface area (Å²) in [7, 11) is 3.77. The molecule has 0 aliphatic carbocycles. The Morgan fingerprint density at radius 2 is 2.00 bits per heavy atom. The fourth-order valence-corrected chi connectivity index (χ4v) is 1.72. The topological polar surface area (TPSA) is 73.7 Å². The van der Waals surface area contributed by atoms with Crippen LogP contribution in [-0.2, 0) is 16.0 Å². The highest BCUT2D eigenvalue weighted by molar-refractivity contribution is 5.81. The Labute approximate surface area is 119 Å². The van der Waals surface area contributed by atoms with Gasteiger partial charge in [-0.05, 0) is 32.6 Å². The molecule has 1 N–H and O–H groups in total. The summed E-state index contributed by atoms with van der Waals surface area (Å²) in [5, 5.41) is 8.86. The highest BCUT2D eigenvalue weighted by atomic mass is 16.4. The van der Waals surface area contributed by atoms with Gasteiger partial charge in [-0.2, -0.15) is 0 Å². The number of pyridine rings is 1. The number of carboxylic acid groups (broad SMARTS) is 1. The standard InChI is InChI=1S/C14H21N3O3/c1-16(2)9-10-17(11-14(19)20)13(18)7-6-12-5-3-4-8-15-12/h3-5,8H,6-7,9-11H2,1-2H3,(H,19,20). The van der Waals surface area contributed by atoms with Gasteiger partial charge in [0.2, 0.25) is 5.91 Å². The SMILES string of the molecule is CN(C)CCN(CC(=O)O)C(=O)CCc1ccccn1. The number of hydrogen-bond donors (Lipinski definition) is 1. The second-order valence-electron chi connectivity index (χ2n) is 4.83. The van der Waals surface area contributed by atoms with Crippen LogP contribution in [0.5, 0.6) is 0 Å². The molecule has 0 fully saturated rings. The van der Waals surface area contributed by atoms with Crippen LogP contribution in [-0.4, -0.2) is 65.5 Å². The van der Waals surface area contributed by atoms with Crippen LogP contribution in [0.1, 0.15) is 12.1 Å². The summed E-state index contributed by atoms with van der Waals surface area (Å²) in [6.07, 6.45) is 2.48. The monoisotopic (exact) mass is 279 g/mol. The molecule has 0 atom stereocenters. The predicted octanol–water partition coefficient (Wildman–Crippen LogP) is 0.489. The Balaban J connectivity index is 2.51. The third-order valence-corrected chi connectivity index (χ3v) is 2.82. The van der Waals surface area contributed by atoms with E-state index in [0.717, 1.165) is 5.69 Å². The highest BCUT2D eigenvalue weighted by Gasteiger charge is 2.16. The molecule has 20 heavy (non-hydrogen) atoms. The van der Waals surface area contributed by atoms with E-state index in [-0.39, 0.29) is 18.9 Å². The molecule has 0 bridgehead atoms. The number of aromatic nitrogens is 1. The van der Waals surface area contributed by atoms with Crippen LogP contribution < -0.4 is 0 Å². The molecular weight excluding hydrogens is 258 g/mol.